The van der Waals surface area contributed by atoms with Gasteiger partial charge in [-0.2, -0.15) is 0 Å². The van der Waals surface area contributed by atoms with E-state index in [1.807, 2.05) is 13.8 Å². The molecule has 1 atom stereocenters. The average Bonchev–Trinajstić information content (AvgIpc) is 2.99. The molecule has 0 radical (unpaired) electrons. The van der Waals surface area contributed by atoms with Gasteiger partial charge in [-0.05, 0) is 65.9 Å². The summed E-state index contributed by atoms with van der Waals surface area (Å²) in [5.41, 5.74) is 1.95. The first-order valence-corrected chi connectivity index (χ1v) is 14.3. The Balaban J connectivity index is 1.55. The van der Waals surface area contributed by atoms with Gasteiger partial charge in [0, 0.05) is 6.07 Å². The van der Waals surface area contributed by atoms with Crippen LogP contribution >= 0.6 is 0 Å². The van der Waals surface area contributed by atoms with E-state index in [1.54, 1.807) is 60.7 Å². The summed E-state index contributed by atoms with van der Waals surface area (Å²) in [5, 5.41) is 11.6. The van der Waals surface area contributed by atoms with Crippen LogP contribution in [0.15, 0.2) is 66.7 Å². The minimum atomic E-state index is -0.560. The van der Waals surface area contributed by atoms with Crippen LogP contribution in [0.2, 0.25) is 0 Å². The van der Waals surface area contributed by atoms with Gasteiger partial charge in [-0.15, -0.1) is 0 Å². The summed E-state index contributed by atoms with van der Waals surface area (Å²) in [7, 11) is 0. The molecule has 218 valence electrons. The fourth-order valence-corrected chi connectivity index (χ4v) is 4.07. The number of nitrogens with zero attached hydrogens (tertiary/aromatic N) is 1. The van der Waals surface area contributed by atoms with E-state index in [2.05, 4.69) is 6.92 Å². The summed E-state index contributed by atoms with van der Waals surface area (Å²) in [6.45, 7) is 7.03. The molecule has 41 heavy (non-hydrogen) atoms. The summed E-state index contributed by atoms with van der Waals surface area (Å²) in [5.74, 6) is -0.140. The normalized spacial score (nSPS) is 11.5. The van der Waals surface area contributed by atoms with Crippen molar-refractivity contribution < 1.29 is 28.7 Å². The summed E-state index contributed by atoms with van der Waals surface area (Å²) < 4.78 is 16.5. The first kappa shape index (κ1) is 31.3. The van der Waals surface area contributed by atoms with Crippen LogP contribution in [0.1, 0.15) is 86.4 Å². The molecule has 0 heterocycles. The lowest BCUT2D eigenvalue weighted by atomic mass is 10.0. The van der Waals surface area contributed by atoms with Gasteiger partial charge in [0.2, 0.25) is 0 Å². The van der Waals surface area contributed by atoms with Crippen molar-refractivity contribution in [3.8, 4) is 22.6 Å². The number of rotatable bonds is 16. The molecule has 3 aromatic rings. The SMILES string of the molecule is CCCCCCCCOC(=O)c1ccc(OC(=O)c2ccc(-c3ccc(OCC(C)CC)c([N+](=O)[O-])c3)cc2)cc1. The fourth-order valence-electron chi connectivity index (χ4n) is 4.07. The van der Waals surface area contributed by atoms with E-state index < -0.39 is 16.9 Å². The molecular weight excluding hydrogens is 522 g/mol. The number of carbonyl (C=O) groups is 2. The van der Waals surface area contributed by atoms with E-state index in [-0.39, 0.29) is 17.4 Å². The van der Waals surface area contributed by atoms with Gasteiger partial charge < -0.3 is 14.2 Å². The van der Waals surface area contributed by atoms with Crippen molar-refractivity contribution in [2.24, 2.45) is 5.92 Å². The zero-order chi connectivity index (χ0) is 29.6. The number of esters is 2. The van der Waals surface area contributed by atoms with Gasteiger partial charge >= 0.3 is 17.6 Å². The number of nitro benzene ring substituents is 1. The molecule has 0 spiro atoms. The van der Waals surface area contributed by atoms with E-state index in [1.165, 1.54) is 25.3 Å². The van der Waals surface area contributed by atoms with Crippen molar-refractivity contribution in [3.05, 3.63) is 88.0 Å². The maximum atomic E-state index is 12.7. The molecule has 0 aliphatic heterocycles. The molecule has 0 saturated carbocycles. The number of nitro groups is 1. The molecule has 0 bridgehead atoms. The molecule has 3 aromatic carbocycles. The molecule has 1 unspecified atom stereocenters. The largest absolute Gasteiger partial charge is 0.487 e. The van der Waals surface area contributed by atoms with Crippen LogP contribution in [0.5, 0.6) is 11.5 Å². The monoisotopic (exact) mass is 561 g/mol. The van der Waals surface area contributed by atoms with Crippen LogP contribution in [0.3, 0.4) is 0 Å². The van der Waals surface area contributed by atoms with E-state index >= 15 is 0 Å². The van der Waals surface area contributed by atoms with Crippen molar-refractivity contribution in [3.63, 3.8) is 0 Å². The standard InChI is InChI=1S/C33H39NO7/c1-4-6-7-8-9-10-21-39-32(35)26-15-18-29(19-16-26)41-33(36)27-13-11-25(12-14-27)28-17-20-31(30(22-28)34(37)38)40-23-24(3)5-2/h11-20,22,24H,4-10,21,23H2,1-3H3. The minimum absolute atomic E-state index is 0.107. The van der Waals surface area contributed by atoms with Gasteiger partial charge in [0.15, 0.2) is 5.75 Å². The molecule has 0 aromatic heterocycles. The first-order chi connectivity index (χ1) is 19.8. The highest BCUT2D eigenvalue weighted by atomic mass is 16.6. The van der Waals surface area contributed by atoms with Gasteiger partial charge in [-0.25, -0.2) is 9.59 Å². The van der Waals surface area contributed by atoms with E-state index in [9.17, 15) is 19.7 Å². The maximum absolute atomic E-state index is 12.7. The summed E-state index contributed by atoms with van der Waals surface area (Å²) in [6, 6.07) is 17.7. The number of benzene rings is 3. The van der Waals surface area contributed by atoms with Gasteiger partial charge in [-0.3, -0.25) is 10.1 Å². The van der Waals surface area contributed by atoms with Crippen LogP contribution < -0.4 is 9.47 Å². The molecule has 0 saturated heterocycles. The molecule has 0 amide bonds. The highest BCUT2D eigenvalue weighted by Gasteiger charge is 2.18. The Hall–Kier alpha value is -4.20. The second-order valence-corrected chi connectivity index (χ2v) is 10.2. The Morgan fingerprint density at radius 2 is 1.41 bits per heavy atom. The quantitative estimate of drug-likeness (QED) is 0.0568. The smallest absolute Gasteiger partial charge is 0.343 e. The Kier molecular flexibility index (Phi) is 12.3. The summed E-state index contributed by atoms with van der Waals surface area (Å²) in [4.78, 5) is 36.1. The van der Waals surface area contributed by atoms with Crippen LogP contribution in [0.4, 0.5) is 5.69 Å². The van der Waals surface area contributed by atoms with Gasteiger partial charge in [0.25, 0.3) is 0 Å². The lowest BCUT2D eigenvalue weighted by Crippen LogP contribution is -2.09. The Morgan fingerprint density at radius 3 is 2.07 bits per heavy atom. The molecular formula is C33H39NO7. The Labute approximate surface area is 241 Å². The van der Waals surface area contributed by atoms with Crippen molar-refractivity contribution in [1.82, 2.24) is 0 Å². The number of unbranched alkanes of at least 4 members (excludes halogenated alkanes) is 5. The fraction of sp³-hybridized carbons (Fsp3) is 0.394. The topological polar surface area (TPSA) is 105 Å². The molecule has 0 fully saturated rings. The zero-order valence-electron chi connectivity index (χ0n) is 24.1. The lowest BCUT2D eigenvalue weighted by molar-refractivity contribution is -0.385. The average molecular weight is 562 g/mol. The highest BCUT2D eigenvalue weighted by Crippen LogP contribution is 2.33. The van der Waals surface area contributed by atoms with Crippen molar-refractivity contribution >= 4 is 17.6 Å². The lowest BCUT2D eigenvalue weighted by Gasteiger charge is -2.12. The highest BCUT2D eigenvalue weighted by molar-refractivity contribution is 5.92. The summed E-state index contributed by atoms with van der Waals surface area (Å²) >= 11 is 0. The molecule has 0 N–H and O–H groups in total. The zero-order valence-corrected chi connectivity index (χ0v) is 24.1. The van der Waals surface area contributed by atoms with Crippen LogP contribution in [-0.4, -0.2) is 30.1 Å². The second kappa shape index (κ2) is 16.2. The molecule has 0 aliphatic rings. The second-order valence-electron chi connectivity index (χ2n) is 10.2. The molecule has 8 heteroatoms. The maximum Gasteiger partial charge on any atom is 0.343 e. The van der Waals surface area contributed by atoms with Gasteiger partial charge in [0.1, 0.15) is 5.75 Å². The number of ether oxygens (including phenoxy) is 3. The molecule has 0 aliphatic carbocycles. The number of hydrogen-bond donors (Lipinski definition) is 0. The van der Waals surface area contributed by atoms with E-state index in [4.69, 9.17) is 14.2 Å². The minimum Gasteiger partial charge on any atom is -0.487 e. The van der Waals surface area contributed by atoms with Crippen molar-refractivity contribution in [1.29, 1.82) is 0 Å². The van der Waals surface area contributed by atoms with Crippen molar-refractivity contribution in [2.45, 2.75) is 65.7 Å². The van der Waals surface area contributed by atoms with E-state index in [0.29, 0.717) is 41.2 Å². The van der Waals surface area contributed by atoms with Crippen LogP contribution in [0.25, 0.3) is 11.1 Å². The third-order valence-electron chi connectivity index (χ3n) is 6.86. The van der Waals surface area contributed by atoms with Crippen LogP contribution in [0, 0.1) is 16.0 Å². The predicted octanol–water partition coefficient (Wildman–Crippen LogP) is 8.42. The van der Waals surface area contributed by atoms with Gasteiger partial charge in [0.05, 0.1) is 29.3 Å². The first-order valence-electron chi connectivity index (χ1n) is 14.3. The number of hydrogen-bond acceptors (Lipinski definition) is 7. The molecule has 3 rings (SSSR count). The third kappa shape index (κ3) is 9.74. The van der Waals surface area contributed by atoms with Crippen LogP contribution in [-0.2, 0) is 4.74 Å². The summed E-state index contributed by atoms with van der Waals surface area (Å²) in [6.07, 6.45) is 7.60. The van der Waals surface area contributed by atoms with Crippen molar-refractivity contribution in [2.75, 3.05) is 13.2 Å². The number of carbonyl (C=O) groups excluding carboxylic acids is 2. The Bertz CT molecular complexity index is 1290. The molecule has 8 nitrogen and oxygen atoms in total. The predicted molar refractivity (Wildman–Crippen MR) is 159 cm³/mol. The Morgan fingerprint density at radius 1 is 0.805 bits per heavy atom. The van der Waals surface area contributed by atoms with Gasteiger partial charge in [-0.1, -0.05) is 77.5 Å². The van der Waals surface area contributed by atoms with E-state index in [0.717, 1.165) is 25.7 Å². The third-order valence-corrected chi connectivity index (χ3v) is 6.86.